The molecule has 1 saturated heterocycles. The van der Waals surface area contributed by atoms with Crippen molar-refractivity contribution in [2.75, 3.05) is 38.2 Å². The maximum Gasteiger partial charge on any atom is 0.121 e. The maximum atomic E-state index is 5.33. The molecule has 0 radical (unpaired) electrons. The summed E-state index contributed by atoms with van der Waals surface area (Å²) in [6, 6.07) is 6.49. The van der Waals surface area contributed by atoms with Crippen molar-refractivity contribution in [1.82, 2.24) is 5.32 Å². The number of rotatable bonds is 6. The van der Waals surface area contributed by atoms with Gasteiger partial charge in [-0.1, -0.05) is 13.8 Å². The quantitative estimate of drug-likeness (QED) is 0.864. The van der Waals surface area contributed by atoms with E-state index < -0.39 is 0 Å². The van der Waals surface area contributed by atoms with Crippen LogP contribution in [0, 0.1) is 18.8 Å². The van der Waals surface area contributed by atoms with Crippen molar-refractivity contribution in [2.45, 2.75) is 27.2 Å². The number of nitrogens with one attached hydrogen (secondary N) is 1. The van der Waals surface area contributed by atoms with Gasteiger partial charge in [0.2, 0.25) is 0 Å². The average Bonchev–Trinajstić information content (AvgIpc) is 2.87. The standard InChI is InChI=1S/C17H28N2O/c1-13(2)10-18-11-15-7-8-19(12-15)16-5-6-17(20-4)14(3)9-16/h5-6,9,13,15,18H,7-8,10-12H2,1-4H3. The van der Waals surface area contributed by atoms with Gasteiger partial charge in [0.05, 0.1) is 7.11 Å². The first-order valence-electron chi connectivity index (χ1n) is 7.70. The number of benzene rings is 1. The van der Waals surface area contributed by atoms with Crippen molar-refractivity contribution in [1.29, 1.82) is 0 Å². The lowest BCUT2D eigenvalue weighted by molar-refractivity contribution is 0.411. The van der Waals surface area contributed by atoms with Gasteiger partial charge in [-0.25, -0.2) is 0 Å². The summed E-state index contributed by atoms with van der Waals surface area (Å²) in [7, 11) is 1.73. The molecule has 0 aliphatic carbocycles. The number of methoxy groups -OCH3 is 1. The molecular formula is C17H28N2O. The van der Waals surface area contributed by atoms with E-state index >= 15 is 0 Å². The summed E-state index contributed by atoms with van der Waals surface area (Å²) in [4.78, 5) is 2.49. The van der Waals surface area contributed by atoms with Crippen LogP contribution in [0.5, 0.6) is 5.75 Å². The van der Waals surface area contributed by atoms with E-state index in [4.69, 9.17) is 4.74 Å². The van der Waals surface area contributed by atoms with Crippen LogP contribution in [0.2, 0.25) is 0 Å². The van der Waals surface area contributed by atoms with E-state index in [0.717, 1.165) is 37.2 Å². The first-order valence-corrected chi connectivity index (χ1v) is 7.70. The molecule has 1 aliphatic rings. The first-order chi connectivity index (χ1) is 9.60. The molecule has 0 amide bonds. The van der Waals surface area contributed by atoms with Gasteiger partial charge in [-0.3, -0.25) is 0 Å². The monoisotopic (exact) mass is 276 g/mol. The van der Waals surface area contributed by atoms with Crippen molar-refractivity contribution >= 4 is 5.69 Å². The minimum atomic E-state index is 0.733. The second-order valence-corrected chi connectivity index (χ2v) is 6.31. The normalized spacial score (nSPS) is 18.9. The zero-order valence-corrected chi connectivity index (χ0v) is 13.3. The van der Waals surface area contributed by atoms with Crippen LogP contribution in [0.3, 0.4) is 0 Å². The number of hydrogen-bond donors (Lipinski definition) is 1. The molecular weight excluding hydrogens is 248 g/mol. The molecule has 112 valence electrons. The Morgan fingerprint density at radius 1 is 1.40 bits per heavy atom. The summed E-state index contributed by atoms with van der Waals surface area (Å²) in [6.45, 7) is 11.2. The number of ether oxygens (including phenoxy) is 1. The van der Waals surface area contributed by atoms with Crippen molar-refractivity contribution in [3.8, 4) is 5.75 Å². The van der Waals surface area contributed by atoms with Gasteiger partial charge < -0.3 is 15.0 Å². The van der Waals surface area contributed by atoms with Crippen molar-refractivity contribution in [2.24, 2.45) is 11.8 Å². The molecule has 0 bridgehead atoms. The zero-order valence-electron chi connectivity index (χ0n) is 13.3. The Hall–Kier alpha value is -1.22. The van der Waals surface area contributed by atoms with Crippen LogP contribution in [0.1, 0.15) is 25.8 Å². The molecule has 3 heteroatoms. The Labute approximate surface area is 123 Å². The summed E-state index contributed by atoms with van der Waals surface area (Å²) in [5, 5.41) is 3.58. The van der Waals surface area contributed by atoms with Crippen LogP contribution in [0.25, 0.3) is 0 Å². The fourth-order valence-corrected chi connectivity index (χ4v) is 2.87. The molecule has 1 aromatic carbocycles. The van der Waals surface area contributed by atoms with E-state index in [1.54, 1.807) is 7.11 Å². The third-order valence-electron chi connectivity index (χ3n) is 4.02. The number of anilines is 1. The van der Waals surface area contributed by atoms with Crippen LogP contribution in [0.15, 0.2) is 18.2 Å². The molecule has 1 aliphatic heterocycles. The molecule has 1 aromatic rings. The molecule has 1 atom stereocenters. The van der Waals surface area contributed by atoms with Gasteiger partial charge in [-0.2, -0.15) is 0 Å². The Kier molecular flexibility index (Phi) is 5.30. The Bertz CT molecular complexity index is 431. The van der Waals surface area contributed by atoms with Crippen LogP contribution in [-0.4, -0.2) is 33.3 Å². The Morgan fingerprint density at radius 2 is 2.20 bits per heavy atom. The van der Waals surface area contributed by atoms with E-state index in [-0.39, 0.29) is 0 Å². The highest BCUT2D eigenvalue weighted by molar-refractivity contribution is 5.53. The molecule has 1 unspecified atom stereocenters. The molecule has 0 aromatic heterocycles. The minimum Gasteiger partial charge on any atom is -0.496 e. The SMILES string of the molecule is COc1ccc(N2CCC(CNCC(C)C)C2)cc1C. The maximum absolute atomic E-state index is 5.33. The van der Waals surface area contributed by atoms with Gasteiger partial charge in [0.15, 0.2) is 0 Å². The predicted octanol–water partition coefficient (Wildman–Crippen LogP) is 3.08. The Morgan fingerprint density at radius 3 is 2.85 bits per heavy atom. The van der Waals surface area contributed by atoms with Crippen LogP contribution in [0.4, 0.5) is 5.69 Å². The van der Waals surface area contributed by atoms with Gasteiger partial charge in [0.25, 0.3) is 0 Å². The fourth-order valence-electron chi connectivity index (χ4n) is 2.87. The summed E-state index contributed by atoms with van der Waals surface area (Å²) in [6.07, 6.45) is 1.29. The number of hydrogen-bond acceptors (Lipinski definition) is 3. The van der Waals surface area contributed by atoms with E-state index in [0.29, 0.717) is 0 Å². The predicted molar refractivity (Wildman–Crippen MR) is 85.8 cm³/mol. The smallest absolute Gasteiger partial charge is 0.121 e. The van der Waals surface area contributed by atoms with Gasteiger partial charge in [-0.05, 0) is 62.0 Å². The van der Waals surface area contributed by atoms with Gasteiger partial charge >= 0.3 is 0 Å². The van der Waals surface area contributed by atoms with Gasteiger partial charge in [-0.15, -0.1) is 0 Å². The molecule has 3 nitrogen and oxygen atoms in total. The second kappa shape index (κ2) is 6.98. The van der Waals surface area contributed by atoms with E-state index in [1.807, 2.05) is 0 Å². The lowest BCUT2D eigenvalue weighted by atomic mass is 10.1. The van der Waals surface area contributed by atoms with Crippen molar-refractivity contribution < 1.29 is 4.74 Å². The highest BCUT2D eigenvalue weighted by atomic mass is 16.5. The molecule has 1 fully saturated rings. The lowest BCUT2D eigenvalue weighted by Crippen LogP contribution is -2.28. The summed E-state index contributed by atoms with van der Waals surface area (Å²) in [5.74, 6) is 2.48. The lowest BCUT2D eigenvalue weighted by Gasteiger charge is -2.20. The summed E-state index contributed by atoms with van der Waals surface area (Å²) < 4.78 is 5.33. The zero-order chi connectivity index (χ0) is 14.5. The van der Waals surface area contributed by atoms with Crippen LogP contribution < -0.4 is 15.0 Å². The van der Waals surface area contributed by atoms with Crippen LogP contribution >= 0.6 is 0 Å². The molecule has 0 spiro atoms. The molecule has 20 heavy (non-hydrogen) atoms. The van der Waals surface area contributed by atoms with E-state index in [1.165, 1.54) is 24.2 Å². The largest absolute Gasteiger partial charge is 0.496 e. The van der Waals surface area contributed by atoms with Crippen molar-refractivity contribution in [3.05, 3.63) is 23.8 Å². The second-order valence-electron chi connectivity index (χ2n) is 6.31. The molecule has 1 N–H and O–H groups in total. The van der Waals surface area contributed by atoms with Crippen LogP contribution in [-0.2, 0) is 0 Å². The topological polar surface area (TPSA) is 24.5 Å². The highest BCUT2D eigenvalue weighted by Crippen LogP contribution is 2.28. The number of nitrogens with zero attached hydrogens (tertiary/aromatic N) is 1. The third-order valence-corrected chi connectivity index (χ3v) is 4.02. The minimum absolute atomic E-state index is 0.733. The molecule has 1 heterocycles. The summed E-state index contributed by atoms with van der Waals surface area (Å²) in [5.41, 5.74) is 2.54. The van der Waals surface area contributed by atoms with E-state index in [9.17, 15) is 0 Å². The number of aryl methyl sites for hydroxylation is 1. The van der Waals surface area contributed by atoms with E-state index in [2.05, 4.69) is 49.2 Å². The highest BCUT2D eigenvalue weighted by Gasteiger charge is 2.22. The Balaban J connectivity index is 1.87. The molecule has 0 saturated carbocycles. The average molecular weight is 276 g/mol. The molecule has 2 rings (SSSR count). The fraction of sp³-hybridized carbons (Fsp3) is 0.647. The van der Waals surface area contributed by atoms with Crippen molar-refractivity contribution in [3.63, 3.8) is 0 Å². The first kappa shape index (κ1) is 15.2. The summed E-state index contributed by atoms with van der Waals surface area (Å²) >= 11 is 0. The third kappa shape index (κ3) is 3.89. The van der Waals surface area contributed by atoms with Gasteiger partial charge in [0.1, 0.15) is 5.75 Å². The van der Waals surface area contributed by atoms with Gasteiger partial charge in [0, 0.05) is 18.8 Å².